The zero-order valence-electron chi connectivity index (χ0n) is 13.6. The normalized spacial score (nSPS) is 11.5. The molecule has 7 heteroatoms. The van der Waals surface area contributed by atoms with Crippen LogP contribution < -0.4 is 10.6 Å². The molecule has 0 saturated carbocycles. The first-order valence-electron chi connectivity index (χ1n) is 7.72. The van der Waals surface area contributed by atoms with Gasteiger partial charge in [0, 0.05) is 10.2 Å². The molecule has 2 aromatic rings. The first-order valence-corrected chi connectivity index (χ1v) is 8.89. The third kappa shape index (κ3) is 6.07. The molecule has 0 aliphatic rings. The van der Waals surface area contributed by atoms with Crippen molar-refractivity contribution in [1.29, 1.82) is 0 Å². The summed E-state index contributed by atoms with van der Waals surface area (Å²) in [5, 5.41) is 6.07. The number of rotatable bonds is 6. The molecule has 0 heterocycles. The van der Waals surface area contributed by atoms with Gasteiger partial charge in [-0.3, -0.25) is 4.79 Å². The first-order chi connectivity index (χ1) is 12.0. The predicted octanol–water partition coefficient (Wildman–Crippen LogP) is 4.92. The molecule has 2 N–H and O–H groups in total. The molecule has 5 nitrogen and oxygen atoms in total. The highest BCUT2D eigenvalue weighted by molar-refractivity contribution is 9.10. The Balaban J connectivity index is 2.08. The maximum Gasteiger partial charge on any atom is 0.407 e. The van der Waals surface area contributed by atoms with Gasteiger partial charge in [-0.1, -0.05) is 41.9 Å². The van der Waals surface area contributed by atoms with Crippen molar-refractivity contribution >= 4 is 45.2 Å². The second kappa shape index (κ2) is 9.44. The van der Waals surface area contributed by atoms with Crippen LogP contribution in [0.1, 0.15) is 24.9 Å². The van der Waals surface area contributed by atoms with E-state index in [1.54, 1.807) is 25.1 Å². The lowest BCUT2D eigenvalue weighted by molar-refractivity contribution is -0.116. The quantitative estimate of drug-likeness (QED) is 0.690. The lowest BCUT2D eigenvalue weighted by Gasteiger charge is -2.18. The summed E-state index contributed by atoms with van der Waals surface area (Å²) in [6.45, 7) is 1.99. The Bertz CT molecular complexity index is 740. The Hall–Kier alpha value is -2.05. The zero-order valence-corrected chi connectivity index (χ0v) is 15.9. The number of hydrogen-bond donors (Lipinski definition) is 2. The monoisotopic (exact) mass is 424 g/mol. The highest BCUT2D eigenvalue weighted by Crippen LogP contribution is 2.26. The summed E-state index contributed by atoms with van der Waals surface area (Å²) in [5.74, 6) is -0.236. The fourth-order valence-corrected chi connectivity index (χ4v) is 2.72. The molecule has 132 valence electrons. The smallest absolute Gasteiger partial charge is 0.407 e. The van der Waals surface area contributed by atoms with Gasteiger partial charge in [-0.05, 0) is 46.6 Å². The average Bonchev–Trinajstić information content (AvgIpc) is 2.58. The third-order valence-electron chi connectivity index (χ3n) is 3.36. The molecule has 25 heavy (non-hydrogen) atoms. The summed E-state index contributed by atoms with van der Waals surface area (Å²) in [7, 11) is 0. The van der Waals surface area contributed by atoms with Crippen molar-refractivity contribution in [1.82, 2.24) is 5.32 Å². The molecule has 0 aromatic heterocycles. The molecule has 0 saturated heterocycles. The number of alkyl carbamates (subject to hydrolysis) is 1. The summed E-state index contributed by atoms with van der Waals surface area (Å²) < 4.78 is 5.61. The number of carbonyl (C=O) groups excluding carboxylic acids is 2. The largest absolute Gasteiger partial charge is 0.450 e. The molecule has 2 rings (SSSR count). The van der Waals surface area contributed by atoms with E-state index in [2.05, 4.69) is 26.6 Å². The van der Waals surface area contributed by atoms with E-state index in [0.717, 1.165) is 5.56 Å². The molecule has 0 aliphatic carbocycles. The molecule has 0 aliphatic heterocycles. The molecular weight excluding hydrogens is 408 g/mol. The number of carbonyl (C=O) groups is 2. The minimum atomic E-state index is -0.557. The highest BCUT2D eigenvalue weighted by Gasteiger charge is 2.19. The van der Waals surface area contributed by atoms with Gasteiger partial charge in [-0.2, -0.15) is 0 Å². The highest BCUT2D eigenvalue weighted by atomic mass is 79.9. The van der Waals surface area contributed by atoms with Crippen LogP contribution in [0, 0.1) is 0 Å². The van der Waals surface area contributed by atoms with Crippen molar-refractivity contribution in [3.8, 4) is 0 Å². The van der Waals surface area contributed by atoms with Crippen LogP contribution in [0.4, 0.5) is 10.5 Å². The maximum atomic E-state index is 12.4. The van der Waals surface area contributed by atoms with E-state index < -0.39 is 12.1 Å². The molecule has 2 aromatic carbocycles. The van der Waals surface area contributed by atoms with Crippen LogP contribution in [0.15, 0.2) is 53.0 Å². The Morgan fingerprint density at radius 2 is 1.92 bits per heavy atom. The van der Waals surface area contributed by atoms with Gasteiger partial charge in [0.05, 0.1) is 24.1 Å². The van der Waals surface area contributed by atoms with E-state index in [1.165, 1.54) is 0 Å². The van der Waals surface area contributed by atoms with Crippen LogP contribution in [0.5, 0.6) is 0 Å². The standard InChI is InChI=1S/C18H18BrClN2O3/c1-2-25-18(24)22-16(12-6-4-3-5-7-12)11-17(23)21-13-8-9-15(20)14(19)10-13/h3-10,16H,2,11H2,1H3,(H,21,23)(H,22,24)/t16-/m1/s1. The topological polar surface area (TPSA) is 67.4 Å². The van der Waals surface area contributed by atoms with Crippen molar-refractivity contribution in [2.24, 2.45) is 0 Å². The van der Waals surface area contributed by atoms with Crippen LogP contribution in [-0.2, 0) is 9.53 Å². The summed E-state index contributed by atoms with van der Waals surface area (Å²) in [6, 6.07) is 13.9. The molecule has 0 spiro atoms. The van der Waals surface area contributed by atoms with E-state index in [0.29, 0.717) is 15.2 Å². The van der Waals surface area contributed by atoms with Gasteiger partial charge in [-0.15, -0.1) is 0 Å². The second-order valence-corrected chi connectivity index (χ2v) is 6.47. The van der Waals surface area contributed by atoms with Crippen molar-refractivity contribution < 1.29 is 14.3 Å². The van der Waals surface area contributed by atoms with Crippen LogP contribution in [-0.4, -0.2) is 18.6 Å². The average molecular weight is 426 g/mol. The molecule has 0 bridgehead atoms. The Kier molecular flexibility index (Phi) is 7.28. The van der Waals surface area contributed by atoms with E-state index in [1.807, 2.05) is 30.3 Å². The van der Waals surface area contributed by atoms with Crippen LogP contribution in [0.3, 0.4) is 0 Å². The summed E-state index contributed by atoms with van der Waals surface area (Å²) in [5.41, 5.74) is 1.44. The van der Waals surface area contributed by atoms with Gasteiger partial charge >= 0.3 is 6.09 Å². The number of halogens is 2. The van der Waals surface area contributed by atoms with Gasteiger partial charge in [-0.25, -0.2) is 4.79 Å². The minimum Gasteiger partial charge on any atom is -0.450 e. The Morgan fingerprint density at radius 3 is 2.56 bits per heavy atom. The van der Waals surface area contributed by atoms with E-state index in [-0.39, 0.29) is 18.9 Å². The molecule has 0 fully saturated rings. The van der Waals surface area contributed by atoms with Gasteiger partial charge < -0.3 is 15.4 Å². The second-order valence-electron chi connectivity index (χ2n) is 5.21. The summed E-state index contributed by atoms with van der Waals surface area (Å²) >= 11 is 9.26. The van der Waals surface area contributed by atoms with Crippen molar-refractivity contribution in [2.75, 3.05) is 11.9 Å². The summed E-state index contributed by atoms with van der Waals surface area (Å²) in [6.07, 6.45) is -0.485. The number of benzene rings is 2. The molecule has 0 unspecified atom stereocenters. The predicted molar refractivity (Wildman–Crippen MR) is 102 cm³/mol. The van der Waals surface area contributed by atoms with Crippen molar-refractivity contribution in [3.63, 3.8) is 0 Å². The van der Waals surface area contributed by atoms with Crippen LogP contribution >= 0.6 is 27.5 Å². The van der Waals surface area contributed by atoms with E-state index >= 15 is 0 Å². The SMILES string of the molecule is CCOC(=O)N[C@H](CC(=O)Nc1ccc(Cl)c(Br)c1)c1ccccc1. The first kappa shape index (κ1) is 19.3. The van der Waals surface area contributed by atoms with Crippen LogP contribution in [0.25, 0.3) is 0 Å². The number of anilines is 1. The maximum absolute atomic E-state index is 12.4. The fourth-order valence-electron chi connectivity index (χ4n) is 2.22. The Morgan fingerprint density at radius 1 is 1.20 bits per heavy atom. The fraction of sp³-hybridized carbons (Fsp3) is 0.222. The molecule has 1 atom stereocenters. The number of ether oxygens (including phenoxy) is 1. The van der Waals surface area contributed by atoms with Crippen molar-refractivity contribution in [3.05, 3.63) is 63.6 Å². The lowest BCUT2D eigenvalue weighted by atomic mass is 10.0. The van der Waals surface area contributed by atoms with Gasteiger partial charge in [0.1, 0.15) is 0 Å². The molecule has 2 amide bonds. The van der Waals surface area contributed by atoms with E-state index in [4.69, 9.17) is 16.3 Å². The Labute approximate surface area is 159 Å². The minimum absolute atomic E-state index is 0.0725. The van der Waals surface area contributed by atoms with Gasteiger partial charge in [0.25, 0.3) is 0 Å². The van der Waals surface area contributed by atoms with Crippen molar-refractivity contribution in [2.45, 2.75) is 19.4 Å². The number of nitrogens with one attached hydrogen (secondary N) is 2. The van der Waals surface area contributed by atoms with Gasteiger partial charge in [0.15, 0.2) is 0 Å². The van der Waals surface area contributed by atoms with Crippen LogP contribution in [0.2, 0.25) is 5.02 Å². The lowest BCUT2D eigenvalue weighted by Crippen LogP contribution is -2.32. The number of amides is 2. The summed E-state index contributed by atoms with van der Waals surface area (Å²) in [4.78, 5) is 24.1. The molecule has 0 radical (unpaired) electrons. The molecular formula is C18H18BrClN2O3. The third-order valence-corrected chi connectivity index (χ3v) is 4.58. The van der Waals surface area contributed by atoms with E-state index in [9.17, 15) is 9.59 Å². The zero-order chi connectivity index (χ0) is 18.2. The number of hydrogen-bond acceptors (Lipinski definition) is 3. The van der Waals surface area contributed by atoms with Gasteiger partial charge in [0.2, 0.25) is 5.91 Å².